The molecule has 0 bridgehead atoms. The molecule has 0 aliphatic carbocycles. The Morgan fingerprint density at radius 2 is 2.03 bits per heavy atom. The fraction of sp³-hybridized carbons (Fsp3) is 0.316. The zero-order valence-electron chi connectivity index (χ0n) is 15.0. The number of nitrogens with zero attached hydrogens (tertiary/aromatic N) is 5. The quantitative estimate of drug-likeness (QED) is 0.422. The van der Waals surface area contributed by atoms with E-state index >= 15 is 0 Å². The summed E-state index contributed by atoms with van der Waals surface area (Å²) in [6.45, 7) is 0.573. The maximum absolute atomic E-state index is 13.7. The first-order chi connectivity index (χ1) is 13.9. The molecule has 1 atom stereocenters. The Hall–Kier alpha value is -2.65. The van der Waals surface area contributed by atoms with Gasteiger partial charge in [-0.25, -0.2) is 14.2 Å². The van der Waals surface area contributed by atoms with Gasteiger partial charge in [0.25, 0.3) is 0 Å². The van der Waals surface area contributed by atoms with Gasteiger partial charge in [-0.3, -0.25) is 0 Å². The lowest BCUT2D eigenvalue weighted by atomic mass is 10.0. The van der Waals surface area contributed by atoms with Crippen LogP contribution in [0.3, 0.4) is 0 Å². The van der Waals surface area contributed by atoms with Crippen LogP contribution in [-0.4, -0.2) is 31.0 Å². The van der Waals surface area contributed by atoms with Crippen molar-refractivity contribution < 1.29 is 17.9 Å². The third-order valence-electron chi connectivity index (χ3n) is 5.04. The van der Waals surface area contributed by atoms with Crippen molar-refractivity contribution in [1.29, 1.82) is 0 Å². The van der Waals surface area contributed by atoms with E-state index in [1.165, 1.54) is 6.07 Å². The monoisotopic (exact) mass is 421 g/mol. The summed E-state index contributed by atoms with van der Waals surface area (Å²) in [4.78, 5) is 3.62. The van der Waals surface area contributed by atoms with E-state index in [1.807, 2.05) is 0 Å². The Labute approximate surface area is 167 Å². The molecule has 1 unspecified atom stereocenters. The van der Waals surface area contributed by atoms with Gasteiger partial charge in [0.15, 0.2) is 11.9 Å². The summed E-state index contributed by atoms with van der Waals surface area (Å²) in [5, 5.41) is 9.58. The highest BCUT2D eigenvalue weighted by atomic mass is 35.5. The van der Waals surface area contributed by atoms with Gasteiger partial charge in [-0.05, 0) is 37.5 Å². The topological polar surface area (TPSA) is 57.2 Å². The largest absolute Gasteiger partial charge is 0.418 e. The molecule has 1 aliphatic rings. The molecule has 4 aromatic rings. The number of alkyl halides is 3. The van der Waals surface area contributed by atoms with Crippen molar-refractivity contribution in [2.24, 2.45) is 0 Å². The summed E-state index contributed by atoms with van der Waals surface area (Å²) < 4.78 is 50.2. The lowest BCUT2D eigenvalue weighted by Crippen LogP contribution is -2.19. The number of pyridine rings is 2. The van der Waals surface area contributed by atoms with E-state index in [2.05, 4.69) is 15.2 Å². The fourth-order valence-electron chi connectivity index (χ4n) is 3.74. The Balaban J connectivity index is 1.84. The minimum Gasteiger partial charge on any atom is -0.356 e. The summed E-state index contributed by atoms with van der Waals surface area (Å²) in [6.07, 6.45) is 0.110. The second-order valence-electron chi connectivity index (χ2n) is 6.89. The summed E-state index contributed by atoms with van der Waals surface area (Å²) in [6, 6.07) is 6.60. The third kappa shape index (κ3) is 3.05. The van der Waals surface area contributed by atoms with Crippen molar-refractivity contribution in [2.75, 3.05) is 6.61 Å². The molecule has 1 aliphatic heterocycles. The maximum atomic E-state index is 13.7. The van der Waals surface area contributed by atoms with Gasteiger partial charge >= 0.3 is 6.18 Å². The van der Waals surface area contributed by atoms with Crippen LogP contribution < -0.4 is 0 Å². The number of rotatable bonds is 2. The van der Waals surface area contributed by atoms with Gasteiger partial charge in [0.1, 0.15) is 10.8 Å². The molecular formula is C19H15ClF3N5O. The van der Waals surface area contributed by atoms with Gasteiger partial charge in [0.2, 0.25) is 0 Å². The molecule has 4 aromatic heterocycles. The molecule has 29 heavy (non-hydrogen) atoms. The molecule has 0 N–H and O–H groups in total. The van der Waals surface area contributed by atoms with Crippen molar-refractivity contribution in [3.8, 4) is 11.3 Å². The number of halogens is 4. The Morgan fingerprint density at radius 1 is 1.17 bits per heavy atom. The van der Waals surface area contributed by atoms with E-state index in [-0.39, 0.29) is 22.6 Å². The van der Waals surface area contributed by atoms with E-state index in [4.69, 9.17) is 16.3 Å². The molecule has 1 saturated heterocycles. The Bertz CT molecular complexity index is 1210. The normalized spacial score (nSPS) is 18.0. The van der Waals surface area contributed by atoms with E-state index in [0.29, 0.717) is 29.6 Å². The average Bonchev–Trinajstić information content (AvgIpc) is 3.25. The molecule has 1 fully saturated rings. The lowest BCUT2D eigenvalue weighted by Gasteiger charge is -2.22. The fourth-order valence-corrected chi connectivity index (χ4v) is 3.89. The molecular weight excluding hydrogens is 407 g/mol. The molecule has 0 saturated carbocycles. The second kappa shape index (κ2) is 6.70. The van der Waals surface area contributed by atoms with Crippen molar-refractivity contribution in [1.82, 2.24) is 24.4 Å². The van der Waals surface area contributed by atoms with Crippen LogP contribution in [0.25, 0.3) is 27.8 Å². The molecule has 10 heteroatoms. The standard InChI is InChI=1S/C19H15ClF3N5O/c20-14-9-11(12(10-24-14)19(21,22)23)17-16-13-5-1-3-7-27(13)26-18(16)28(25-17)15-6-2-4-8-29-15/h1,3,5,7,9-10,15H,2,4,6,8H2. The first-order valence-corrected chi connectivity index (χ1v) is 9.51. The van der Waals surface area contributed by atoms with Gasteiger partial charge in [0.05, 0.1) is 16.5 Å². The summed E-state index contributed by atoms with van der Waals surface area (Å²) in [7, 11) is 0. The molecule has 5 rings (SSSR count). The van der Waals surface area contributed by atoms with Crippen LogP contribution in [0.2, 0.25) is 5.15 Å². The molecule has 6 nitrogen and oxygen atoms in total. The number of aromatic nitrogens is 5. The van der Waals surface area contributed by atoms with Crippen LogP contribution in [0.1, 0.15) is 31.1 Å². The van der Waals surface area contributed by atoms with E-state index in [9.17, 15) is 13.2 Å². The van der Waals surface area contributed by atoms with Gasteiger partial charge in [-0.15, -0.1) is 5.10 Å². The zero-order chi connectivity index (χ0) is 20.2. The van der Waals surface area contributed by atoms with E-state index in [0.717, 1.165) is 19.0 Å². The number of fused-ring (bicyclic) bond motifs is 3. The second-order valence-corrected chi connectivity index (χ2v) is 7.28. The lowest BCUT2D eigenvalue weighted by molar-refractivity contribution is -0.137. The van der Waals surface area contributed by atoms with Crippen molar-refractivity contribution in [3.05, 3.63) is 47.4 Å². The van der Waals surface area contributed by atoms with Crippen LogP contribution >= 0.6 is 11.6 Å². The highest BCUT2D eigenvalue weighted by Gasteiger charge is 2.36. The van der Waals surface area contributed by atoms with Crippen LogP contribution in [0.5, 0.6) is 0 Å². The SMILES string of the molecule is FC(F)(F)c1cnc(Cl)cc1-c1nn(C2CCCCO2)c2nn3ccccc3c12. The molecule has 0 spiro atoms. The van der Waals surface area contributed by atoms with Gasteiger partial charge in [0, 0.05) is 24.6 Å². The summed E-state index contributed by atoms with van der Waals surface area (Å²) in [5.41, 5.74) is 0.260. The van der Waals surface area contributed by atoms with Gasteiger partial charge in [-0.1, -0.05) is 17.7 Å². The predicted molar refractivity (Wildman–Crippen MR) is 101 cm³/mol. The average molecular weight is 422 g/mol. The van der Waals surface area contributed by atoms with E-state index in [1.54, 1.807) is 33.6 Å². The molecule has 0 amide bonds. The number of hydrogen-bond acceptors (Lipinski definition) is 4. The first kappa shape index (κ1) is 18.4. The molecule has 150 valence electrons. The third-order valence-corrected chi connectivity index (χ3v) is 5.25. The van der Waals surface area contributed by atoms with Crippen molar-refractivity contribution in [2.45, 2.75) is 31.7 Å². The van der Waals surface area contributed by atoms with Gasteiger partial charge < -0.3 is 4.74 Å². The summed E-state index contributed by atoms with van der Waals surface area (Å²) >= 11 is 5.96. The van der Waals surface area contributed by atoms with Gasteiger partial charge in [-0.2, -0.15) is 18.3 Å². The highest BCUT2D eigenvalue weighted by Crippen LogP contribution is 2.41. The van der Waals surface area contributed by atoms with E-state index < -0.39 is 11.7 Å². The van der Waals surface area contributed by atoms with Crippen LogP contribution in [0.15, 0.2) is 36.7 Å². The Kier molecular flexibility index (Phi) is 4.25. The first-order valence-electron chi connectivity index (χ1n) is 9.14. The molecule has 0 aromatic carbocycles. The van der Waals surface area contributed by atoms with Crippen molar-refractivity contribution in [3.63, 3.8) is 0 Å². The number of ether oxygens (including phenoxy) is 1. The maximum Gasteiger partial charge on any atom is 0.418 e. The predicted octanol–water partition coefficient (Wildman–Crippen LogP) is 5.12. The molecule has 0 radical (unpaired) electrons. The minimum atomic E-state index is -4.60. The van der Waals surface area contributed by atoms with Crippen molar-refractivity contribution >= 4 is 28.2 Å². The zero-order valence-corrected chi connectivity index (χ0v) is 15.8. The summed E-state index contributed by atoms with van der Waals surface area (Å²) in [5.74, 6) is 0. The van der Waals surface area contributed by atoms with Crippen LogP contribution in [0, 0.1) is 0 Å². The smallest absolute Gasteiger partial charge is 0.356 e. The van der Waals surface area contributed by atoms with Crippen LogP contribution in [-0.2, 0) is 10.9 Å². The van der Waals surface area contributed by atoms with Crippen LogP contribution in [0.4, 0.5) is 13.2 Å². The molecule has 5 heterocycles. The highest BCUT2D eigenvalue weighted by molar-refractivity contribution is 6.29. The minimum absolute atomic E-state index is 0.0407. The number of hydrogen-bond donors (Lipinski definition) is 0. The Morgan fingerprint density at radius 3 is 2.79 bits per heavy atom.